The minimum Gasteiger partial charge on any atom is -0.339 e. The fourth-order valence-corrected chi connectivity index (χ4v) is 3.56. The summed E-state index contributed by atoms with van der Waals surface area (Å²) >= 11 is 6.11. The predicted octanol–water partition coefficient (Wildman–Crippen LogP) is 4.75. The summed E-state index contributed by atoms with van der Waals surface area (Å²) in [6, 6.07) is 13.2. The lowest BCUT2D eigenvalue weighted by atomic mass is 9.91. The molecular weight excluding hydrogens is 367 g/mol. The number of amides is 2. The summed E-state index contributed by atoms with van der Waals surface area (Å²) < 4.78 is 13.6. The number of carbonyl (C=O) groups is 2. The van der Waals surface area contributed by atoms with Crippen molar-refractivity contribution >= 4 is 29.1 Å². The van der Waals surface area contributed by atoms with Crippen molar-refractivity contribution in [2.24, 2.45) is 5.92 Å². The highest BCUT2D eigenvalue weighted by Gasteiger charge is 2.25. The number of anilines is 1. The van der Waals surface area contributed by atoms with Crippen molar-refractivity contribution in [1.82, 2.24) is 4.90 Å². The number of piperidine rings is 1. The molecule has 0 saturated carbocycles. The third-order valence-electron chi connectivity index (χ3n) is 4.93. The summed E-state index contributed by atoms with van der Waals surface area (Å²) in [5.74, 6) is -0.282. The minimum absolute atomic E-state index is 0.0451. The van der Waals surface area contributed by atoms with Crippen LogP contribution in [0.25, 0.3) is 0 Å². The maximum absolute atomic E-state index is 13.6. The first-order valence-corrected chi connectivity index (χ1v) is 9.50. The van der Waals surface area contributed by atoms with Crippen LogP contribution in [0, 0.1) is 11.7 Å². The van der Waals surface area contributed by atoms with Crippen molar-refractivity contribution < 1.29 is 14.0 Å². The van der Waals surface area contributed by atoms with E-state index in [9.17, 15) is 14.0 Å². The number of halogens is 2. The van der Waals surface area contributed by atoms with Gasteiger partial charge >= 0.3 is 0 Å². The van der Waals surface area contributed by atoms with Crippen LogP contribution in [-0.4, -0.2) is 29.8 Å². The zero-order valence-electron chi connectivity index (χ0n) is 15.0. The first kappa shape index (κ1) is 19.4. The van der Waals surface area contributed by atoms with E-state index in [-0.39, 0.29) is 17.5 Å². The van der Waals surface area contributed by atoms with Crippen molar-refractivity contribution in [3.8, 4) is 0 Å². The maximum Gasteiger partial charge on any atom is 0.255 e. The number of nitrogens with one attached hydrogen (secondary N) is 1. The standard InChI is InChI=1S/C21H22ClFN2O2/c22-17-6-2-1-5-16(17)21(27)25-13-11-15(12-14-25)9-10-20(26)24-19-8-4-3-7-18(19)23/h1-8,15H,9-14H2,(H,24,26). The Kier molecular flexibility index (Phi) is 6.45. The van der Waals surface area contributed by atoms with Gasteiger partial charge in [-0.1, -0.05) is 35.9 Å². The summed E-state index contributed by atoms with van der Waals surface area (Å²) in [5.41, 5.74) is 0.740. The zero-order chi connectivity index (χ0) is 19.2. The van der Waals surface area contributed by atoms with Crippen LogP contribution in [0.15, 0.2) is 48.5 Å². The van der Waals surface area contributed by atoms with Crippen LogP contribution >= 0.6 is 11.6 Å². The molecular formula is C21H22ClFN2O2. The Hall–Kier alpha value is -2.40. The molecule has 1 heterocycles. The Morgan fingerprint density at radius 2 is 1.74 bits per heavy atom. The Morgan fingerprint density at radius 3 is 2.44 bits per heavy atom. The number of carbonyl (C=O) groups excluding carboxylic acids is 2. The molecule has 1 aliphatic rings. The first-order chi connectivity index (χ1) is 13.0. The van der Waals surface area contributed by atoms with Crippen LogP contribution in [0.4, 0.5) is 10.1 Å². The Balaban J connectivity index is 1.44. The lowest BCUT2D eigenvalue weighted by molar-refractivity contribution is -0.116. The average molecular weight is 389 g/mol. The third-order valence-corrected chi connectivity index (χ3v) is 5.26. The Bertz CT molecular complexity index is 819. The number of benzene rings is 2. The molecule has 142 valence electrons. The van der Waals surface area contributed by atoms with Gasteiger partial charge in [0.2, 0.25) is 5.91 Å². The zero-order valence-corrected chi connectivity index (χ0v) is 15.7. The molecule has 2 amide bonds. The summed E-state index contributed by atoms with van der Waals surface area (Å²) in [6.45, 7) is 1.31. The monoisotopic (exact) mass is 388 g/mol. The molecule has 1 aliphatic heterocycles. The number of hydrogen-bond donors (Lipinski definition) is 1. The van der Waals surface area contributed by atoms with E-state index in [1.807, 2.05) is 4.90 Å². The highest BCUT2D eigenvalue weighted by Crippen LogP contribution is 2.25. The van der Waals surface area contributed by atoms with Crippen LogP contribution in [0.2, 0.25) is 5.02 Å². The van der Waals surface area contributed by atoms with Crippen LogP contribution in [0.1, 0.15) is 36.0 Å². The van der Waals surface area contributed by atoms with Gasteiger partial charge in [0.25, 0.3) is 5.91 Å². The molecule has 0 aromatic heterocycles. The van der Waals surface area contributed by atoms with Gasteiger partial charge in [0.15, 0.2) is 0 Å². The highest BCUT2D eigenvalue weighted by molar-refractivity contribution is 6.33. The molecule has 2 aromatic rings. The Morgan fingerprint density at radius 1 is 1.07 bits per heavy atom. The molecule has 0 spiro atoms. The van der Waals surface area contributed by atoms with Gasteiger partial charge in [0.05, 0.1) is 16.3 Å². The van der Waals surface area contributed by atoms with E-state index in [4.69, 9.17) is 11.6 Å². The first-order valence-electron chi connectivity index (χ1n) is 9.13. The molecule has 1 N–H and O–H groups in total. The topological polar surface area (TPSA) is 49.4 Å². The van der Waals surface area contributed by atoms with E-state index in [0.29, 0.717) is 36.0 Å². The van der Waals surface area contributed by atoms with Crippen LogP contribution in [0.5, 0.6) is 0 Å². The summed E-state index contributed by atoms with van der Waals surface area (Å²) in [5, 5.41) is 3.08. The van der Waals surface area contributed by atoms with Gasteiger partial charge in [-0.3, -0.25) is 9.59 Å². The summed E-state index contributed by atoms with van der Waals surface area (Å²) in [7, 11) is 0. The number of nitrogens with zero attached hydrogens (tertiary/aromatic N) is 1. The van der Waals surface area contributed by atoms with E-state index in [2.05, 4.69) is 5.32 Å². The molecule has 6 heteroatoms. The van der Waals surface area contributed by atoms with Crippen molar-refractivity contribution in [3.63, 3.8) is 0 Å². The van der Waals surface area contributed by atoms with Crippen LogP contribution in [0.3, 0.4) is 0 Å². The van der Waals surface area contributed by atoms with Gasteiger partial charge in [-0.05, 0) is 49.4 Å². The van der Waals surface area contributed by atoms with Gasteiger partial charge in [0, 0.05) is 19.5 Å². The van der Waals surface area contributed by atoms with Gasteiger partial charge in [-0.25, -0.2) is 4.39 Å². The smallest absolute Gasteiger partial charge is 0.255 e. The van der Waals surface area contributed by atoms with E-state index >= 15 is 0 Å². The van der Waals surface area contributed by atoms with E-state index in [1.165, 1.54) is 6.07 Å². The number of hydrogen-bond acceptors (Lipinski definition) is 2. The van der Waals surface area contributed by atoms with Crippen LogP contribution < -0.4 is 5.32 Å². The van der Waals surface area contributed by atoms with Crippen molar-refractivity contribution in [2.75, 3.05) is 18.4 Å². The normalized spacial score (nSPS) is 14.8. The molecule has 0 radical (unpaired) electrons. The molecule has 0 bridgehead atoms. The second-order valence-electron chi connectivity index (χ2n) is 6.78. The largest absolute Gasteiger partial charge is 0.339 e. The number of para-hydroxylation sites is 1. The number of rotatable bonds is 5. The van der Waals surface area contributed by atoms with E-state index < -0.39 is 5.82 Å². The lowest BCUT2D eigenvalue weighted by Crippen LogP contribution is -2.38. The van der Waals surface area contributed by atoms with Crippen LogP contribution in [-0.2, 0) is 4.79 Å². The van der Waals surface area contributed by atoms with Crippen molar-refractivity contribution in [1.29, 1.82) is 0 Å². The van der Waals surface area contributed by atoms with Gasteiger partial charge < -0.3 is 10.2 Å². The minimum atomic E-state index is -0.433. The van der Waals surface area contributed by atoms with E-state index in [1.54, 1.807) is 42.5 Å². The molecule has 1 saturated heterocycles. The quantitative estimate of drug-likeness (QED) is 0.803. The van der Waals surface area contributed by atoms with Crippen molar-refractivity contribution in [3.05, 3.63) is 64.9 Å². The average Bonchev–Trinajstić information content (AvgIpc) is 2.68. The summed E-state index contributed by atoms with van der Waals surface area (Å²) in [4.78, 5) is 26.4. The fourth-order valence-electron chi connectivity index (χ4n) is 3.34. The second-order valence-corrected chi connectivity index (χ2v) is 7.19. The molecule has 4 nitrogen and oxygen atoms in total. The molecule has 0 unspecified atom stereocenters. The third kappa shape index (κ3) is 5.07. The lowest BCUT2D eigenvalue weighted by Gasteiger charge is -2.32. The van der Waals surface area contributed by atoms with Gasteiger partial charge in [-0.2, -0.15) is 0 Å². The van der Waals surface area contributed by atoms with Gasteiger partial charge in [0.1, 0.15) is 5.82 Å². The molecule has 2 aromatic carbocycles. The fraction of sp³-hybridized carbons (Fsp3) is 0.333. The SMILES string of the molecule is O=C(CCC1CCN(C(=O)c2ccccc2Cl)CC1)Nc1ccccc1F. The number of likely N-dealkylation sites (tertiary alicyclic amines) is 1. The second kappa shape index (κ2) is 9.00. The molecule has 0 atom stereocenters. The maximum atomic E-state index is 13.6. The van der Waals surface area contributed by atoms with Gasteiger partial charge in [-0.15, -0.1) is 0 Å². The van der Waals surface area contributed by atoms with E-state index in [0.717, 1.165) is 19.3 Å². The summed E-state index contributed by atoms with van der Waals surface area (Å²) in [6.07, 6.45) is 2.78. The molecule has 3 rings (SSSR count). The Labute approximate surface area is 163 Å². The predicted molar refractivity (Wildman–Crippen MR) is 104 cm³/mol. The van der Waals surface area contributed by atoms with Crippen molar-refractivity contribution in [2.45, 2.75) is 25.7 Å². The molecule has 1 fully saturated rings. The molecule has 0 aliphatic carbocycles. The highest BCUT2D eigenvalue weighted by atomic mass is 35.5. The molecule has 27 heavy (non-hydrogen) atoms.